The van der Waals surface area contributed by atoms with Crippen LogP contribution in [0.1, 0.15) is 39.1 Å². The molecule has 2 heterocycles. The standard InChI is InChI=1S/C18H19F3N4O4/c19-18(20,21)9-24(7-6-22)8-10-2-1-3-11-14(10)17(29)25(16(11)28)12-4-5-13(26)23-15(12)27/h1-3,12H,4-9,22H2,(H,23,26,27). The SMILES string of the molecule is NCCN(Cc1cccc2c1C(=O)N(C1CCC(=O)NC1=O)C2=O)CC(F)(F)F. The Balaban J connectivity index is 1.90. The summed E-state index contributed by atoms with van der Waals surface area (Å²) in [6.07, 6.45) is -4.48. The highest BCUT2D eigenvalue weighted by molar-refractivity contribution is 6.24. The molecule has 0 aromatic heterocycles. The van der Waals surface area contributed by atoms with E-state index in [9.17, 15) is 32.3 Å². The average molecular weight is 412 g/mol. The van der Waals surface area contributed by atoms with Gasteiger partial charge in [0.25, 0.3) is 11.8 Å². The number of nitrogens with two attached hydrogens (primary N) is 1. The Morgan fingerprint density at radius 3 is 2.52 bits per heavy atom. The Morgan fingerprint density at radius 1 is 1.17 bits per heavy atom. The lowest BCUT2D eigenvalue weighted by molar-refractivity contribution is -0.146. The van der Waals surface area contributed by atoms with Crippen LogP contribution in [0.2, 0.25) is 0 Å². The minimum atomic E-state index is -4.45. The summed E-state index contributed by atoms with van der Waals surface area (Å²) in [5.74, 6) is -2.70. The van der Waals surface area contributed by atoms with E-state index >= 15 is 0 Å². The molecular weight excluding hydrogens is 393 g/mol. The van der Waals surface area contributed by atoms with Crippen molar-refractivity contribution in [2.24, 2.45) is 5.73 Å². The highest BCUT2D eigenvalue weighted by Gasteiger charge is 2.45. The van der Waals surface area contributed by atoms with E-state index in [1.807, 2.05) is 0 Å². The number of fused-ring (bicyclic) bond motifs is 1. The number of hydrogen-bond donors (Lipinski definition) is 2. The van der Waals surface area contributed by atoms with E-state index in [1.54, 1.807) is 0 Å². The number of benzene rings is 1. The van der Waals surface area contributed by atoms with E-state index in [4.69, 9.17) is 5.73 Å². The third-order valence-corrected chi connectivity index (χ3v) is 4.80. The minimum Gasteiger partial charge on any atom is -0.329 e. The summed E-state index contributed by atoms with van der Waals surface area (Å²) >= 11 is 0. The topological polar surface area (TPSA) is 113 Å². The van der Waals surface area contributed by atoms with Crippen molar-refractivity contribution in [1.82, 2.24) is 15.1 Å². The molecule has 1 unspecified atom stereocenters. The zero-order valence-electron chi connectivity index (χ0n) is 15.3. The van der Waals surface area contributed by atoms with Gasteiger partial charge in [0.05, 0.1) is 17.7 Å². The van der Waals surface area contributed by atoms with E-state index in [1.165, 1.54) is 18.2 Å². The molecule has 156 valence electrons. The van der Waals surface area contributed by atoms with Crippen LogP contribution in [0.25, 0.3) is 0 Å². The van der Waals surface area contributed by atoms with Crippen LogP contribution in [0.4, 0.5) is 13.2 Å². The Morgan fingerprint density at radius 2 is 1.90 bits per heavy atom. The lowest BCUT2D eigenvalue weighted by Crippen LogP contribution is -2.54. The second-order valence-corrected chi connectivity index (χ2v) is 6.90. The number of alkyl halides is 3. The van der Waals surface area contributed by atoms with E-state index < -0.39 is 42.4 Å². The molecule has 11 heteroatoms. The third kappa shape index (κ3) is 4.30. The van der Waals surface area contributed by atoms with Gasteiger partial charge in [0.1, 0.15) is 6.04 Å². The average Bonchev–Trinajstić information content (AvgIpc) is 2.86. The summed E-state index contributed by atoms with van der Waals surface area (Å²) in [4.78, 5) is 51.0. The zero-order valence-corrected chi connectivity index (χ0v) is 15.3. The molecule has 1 aromatic carbocycles. The number of carbonyl (C=O) groups is 4. The second kappa shape index (κ2) is 7.91. The first-order valence-corrected chi connectivity index (χ1v) is 8.95. The number of nitrogens with one attached hydrogen (secondary N) is 1. The maximum absolute atomic E-state index is 13.0. The van der Waals surface area contributed by atoms with Crippen LogP contribution in [0, 0.1) is 0 Å². The lowest BCUT2D eigenvalue weighted by atomic mass is 10.0. The molecule has 29 heavy (non-hydrogen) atoms. The van der Waals surface area contributed by atoms with Gasteiger partial charge in [-0.25, -0.2) is 0 Å². The van der Waals surface area contributed by atoms with Gasteiger partial charge >= 0.3 is 6.18 Å². The Bertz CT molecular complexity index is 871. The summed E-state index contributed by atoms with van der Waals surface area (Å²) in [7, 11) is 0. The molecule has 1 fully saturated rings. The maximum atomic E-state index is 13.0. The molecule has 3 N–H and O–H groups in total. The Labute approximate surface area is 163 Å². The summed E-state index contributed by atoms with van der Waals surface area (Å²) in [6.45, 7) is -1.52. The van der Waals surface area contributed by atoms with Crippen LogP contribution in [0.15, 0.2) is 18.2 Å². The van der Waals surface area contributed by atoms with Crippen molar-refractivity contribution >= 4 is 23.6 Å². The molecule has 2 aliphatic rings. The molecule has 0 aliphatic carbocycles. The monoisotopic (exact) mass is 412 g/mol. The largest absolute Gasteiger partial charge is 0.401 e. The zero-order chi connectivity index (χ0) is 21.3. The van der Waals surface area contributed by atoms with Crippen molar-refractivity contribution in [2.75, 3.05) is 19.6 Å². The first kappa shape index (κ1) is 20.9. The van der Waals surface area contributed by atoms with Crippen LogP contribution in [-0.2, 0) is 16.1 Å². The quantitative estimate of drug-likeness (QED) is 0.655. The molecule has 0 radical (unpaired) electrons. The van der Waals surface area contributed by atoms with Gasteiger partial charge in [-0.15, -0.1) is 0 Å². The maximum Gasteiger partial charge on any atom is 0.401 e. The number of nitrogens with zero attached hydrogens (tertiary/aromatic N) is 2. The summed E-state index contributed by atoms with van der Waals surface area (Å²) in [5.41, 5.74) is 5.65. The van der Waals surface area contributed by atoms with E-state index in [0.717, 1.165) is 9.80 Å². The molecule has 0 spiro atoms. The lowest BCUT2D eigenvalue weighted by Gasteiger charge is -2.28. The fourth-order valence-corrected chi connectivity index (χ4v) is 3.61. The molecule has 4 amide bonds. The number of piperidine rings is 1. The predicted molar refractivity (Wildman–Crippen MR) is 93.5 cm³/mol. The molecule has 3 rings (SSSR count). The van der Waals surface area contributed by atoms with Crippen molar-refractivity contribution in [3.05, 3.63) is 34.9 Å². The van der Waals surface area contributed by atoms with Crippen molar-refractivity contribution in [3.8, 4) is 0 Å². The Kier molecular flexibility index (Phi) is 5.71. The highest BCUT2D eigenvalue weighted by Crippen LogP contribution is 2.31. The van der Waals surface area contributed by atoms with Crippen LogP contribution in [0.5, 0.6) is 0 Å². The number of rotatable bonds is 6. The van der Waals surface area contributed by atoms with Crippen LogP contribution in [0.3, 0.4) is 0 Å². The molecule has 1 saturated heterocycles. The highest BCUT2D eigenvalue weighted by atomic mass is 19.4. The van der Waals surface area contributed by atoms with Gasteiger partial charge in [-0.2, -0.15) is 13.2 Å². The second-order valence-electron chi connectivity index (χ2n) is 6.90. The summed E-state index contributed by atoms with van der Waals surface area (Å²) in [5, 5.41) is 2.09. The summed E-state index contributed by atoms with van der Waals surface area (Å²) < 4.78 is 38.5. The molecule has 1 aromatic rings. The van der Waals surface area contributed by atoms with E-state index in [-0.39, 0.29) is 49.2 Å². The summed E-state index contributed by atoms with van der Waals surface area (Å²) in [6, 6.07) is 3.20. The van der Waals surface area contributed by atoms with Gasteiger partial charge in [0, 0.05) is 26.1 Å². The van der Waals surface area contributed by atoms with Gasteiger partial charge in [0.2, 0.25) is 11.8 Å². The normalized spacial score (nSPS) is 19.8. The Hall–Kier alpha value is -2.79. The van der Waals surface area contributed by atoms with Gasteiger partial charge in [-0.1, -0.05) is 12.1 Å². The fraction of sp³-hybridized carbons (Fsp3) is 0.444. The van der Waals surface area contributed by atoms with Gasteiger partial charge in [-0.05, 0) is 18.1 Å². The van der Waals surface area contributed by atoms with Gasteiger partial charge < -0.3 is 5.73 Å². The van der Waals surface area contributed by atoms with Crippen molar-refractivity contribution in [2.45, 2.75) is 31.6 Å². The first-order valence-electron chi connectivity index (χ1n) is 8.95. The number of imide groups is 2. The van der Waals surface area contributed by atoms with E-state index in [2.05, 4.69) is 5.32 Å². The van der Waals surface area contributed by atoms with Gasteiger partial charge in [0.15, 0.2) is 0 Å². The molecule has 1 atom stereocenters. The third-order valence-electron chi connectivity index (χ3n) is 4.80. The fourth-order valence-electron chi connectivity index (χ4n) is 3.61. The van der Waals surface area contributed by atoms with Gasteiger partial charge in [-0.3, -0.25) is 34.3 Å². The number of halogens is 3. The predicted octanol–water partition coefficient (Wildman–Crippen LogP) is 0.411. The molecule has 0 saturated carbocycles. The number of carbonyl (C=O) groups excluding carboxylic acids is 4. The van der Waals surface area contributed by atoms with Crippen LogP contribution < -0.4 is 11.1 Å². The minimum absolute atomic E-state index is 0.00115. The molecule has 0 bridgehead atoms. The van der Waals surface area contributed by atoms with E-state index in [0.29, 0.717) is 0 Å². The van der Waals surface area contributed by atoms with Crippen molar-refractivity contribution < 1.29 is 32.3 Å². The first-order chi connectivity index (χ1) is 13.6. The number of hydrogen-bond acceptors (Lipinski definition) is 6. The van der Waals surface area contributed by atoms with Crippen molar-refractivity contribution in [1.29, 1.82) is 0 Å². The van der Waals surface area contributed by atoms with Crippen molar-refractivity contribution in [3.63, 3.8) is 0 Å². The number of amides is 4. The van der Waals surface area contributed by atoms with Crippen LogP contribution in [-0.4, -0.2) is 65.3 Å². The molecule has 2 aliphatic heterocycles. The smallest absolute Gasteiger partial charge is 0.329 e. The molecular formula is C18H19F3N4O4. The van der Waals surface area contributed by atoms with Crippen LogP contribution >= 0.6 is 0 Å². The molecule has 8 nitrogen and oxygen atoms in total.